The Morgan fingerprint density at radius 1 is 1.38 bits per heavy atom. The molecular weight excluding hydrogens is 103 g/mol. The van der Waals surface area contributed by atoms with Crippen LogP contribution < -0.4 is 0 Å². The summed E-state index contributed by atoms with van der Waals surface area (Å²) in [6, 6.07) is 0. The molecule has 0 nitrogen and oxygen atoms in total. The van der Waals surface area contributed by atoms with Crippen molar-refractivity contribution in [3.63, 3.8) is 0 Å². The van der Waals surface area contributed by atoms with Gasteiger partial charge in [-0.25, -0.2) is 4.39 Å². The SMILES string of the molecule is C/C=C\C=C/C(C)F. The third kappa shape index (κ3) is 5.41. The Morgan fingerprint density at radius 2 is 2.00 bits per heavy atom. The predicted octanol–water partition coefficient (Wildman–Crippen LogP) is 2.48. The number of hydrogen-bond acceptors (Lipinski definition) is 0. The van der Waals surface area contributed by atoms with E-state index in [1.54, 1.807) is 12.2 Å². The first-order chi connectivity index (χ1) is 3.77. The maximum absolute atomic E-state index is 11.9. The molecule has 0 rings (SSSR count). The second-order valence-electron chi connectivity index (χ2n) is 1.59. The Hall–Kier alpha value is -0.590. The lowest BCUT2D eigenvalue weighted by molar-refractivity contribution is 0.430. The summed E-state index contributed by atoms with van der Waals surface area (Å²) >= 11 is 0. The van der Waals surface area contributed by atoms with Gasteiger partial charge in [-0.3, -0.25) is 0 Å². The lowest BCUT2D eigenvalue weighted by Crippen LogP contribution is -1.80. The van der Waals surface area contributed by atoms with Gasteiger partial charge in [0.25, 0.3) is 0 Å². The van der Waals surface area contributed by atoms with Crippen molar-refractivity contribution < 1.29 is 4.39 Å². The molecule has 1 atom stereocenters. The Labute approximate surface area is 49.7 Å². The van der Waals surface area contributed by atoms with Crippen molar-refractivity contribution in [1.29, 1.82) is 0 Å². The molecule has 8 heavy (non-hydrogen) atoms. The first-order valence-electron chi connectivity index (χ1n) is 2.71. The first-order valence-corrected chi connectivity index (χ1v) is 2.71. The van der Waals surface area contributed by atoms with Crippen LogP contribution in [0.4, 0.5) is 4.39 Å². The van der Waals surface area contributed by atoms with E-state index in [-0.39, 0.29) is 0 Å². The van der Waals surface area contributed by atoms with Crippen LogP contribution in [0.15, 0.2) is 24.3 Å². The summed E-state index contributed by atoms with van der Waals surface area (Å²) in [5, 5.41) is 0. The molecule has 1 heteroatoms. The molecule has 46 valence electrons. The van der Waals surface area contributed by atoms with Gasteiger partial charge in [0, 0.05) is 0 Å². The molecule has 0 aliphatic carbocycles. The van der Waals surface area contributed by atoms with Gasteiger partial charge in [0.05, 0.1) is 0 Å². The number of alkyl halides is 1. The molecule has 0 saturated heterocycles. The Morgan fingerprint density at radius 3 is 2.38 bits per heavy atom. The maximum atomic E-state index is 11.9. The van der Waals surface area contributed by atoms with Crippen LogP contribution in [0.1, 0.15) is 13.8 Å². The van der Waals surface area contributed by atoms with Crippen LogP contribution in [0, 0.1) is 0 Å². The molecule has 0 saturated carbocycles. The summed E-state index contributed by atoms with van der Waals surface area (Å²) in [6.07, 6.45) is 6.03. The number of halogens is 1. The second-order valence-corrected chi connectivity index (χ2v) is 1.59. The summed E-state index contributed by atoms with van der Waals surface area (Å²) in [4.78, 5) is 0. The van der Waals surface area contributed by atoms with Gasteiger partial charge in [-0.1, -0.05) is 24.3 Å². The van der Waals surface area contributed by atoms with Crippen molar-refractivity contribution in [2.24, 2.45) is 0 Å². The van der Waals surface area contributed by atoms with E-state index >= 15 is 0 Å². The fourth-order valence-corrected chi connectivity index (χ4v) is 0.328. The number of rotatable bonds is 2. The molecule has 0 bridgehead atoms. The summed E-state index contributed by atoms with van der Waals surface area (Å²) < 4.78 is 11.9. The number of allylic oxidation sites excluding steroid dienone is 4. The van der Waals surface area contributed by atoms with Crippen LogP contribution in [-0.4, -0.2) is 6.17 Å². The average Bonchev–Trinajstić information content (AvgIpc) is 1.66. The molecule has 0 aromatic carbocycles. The van der Waals surface area contributed by atoms with Crippen molar-refractivity contribution in [3.05, 3.63) is 24.3 Å². The van der Waals surface area contributed by atoms with Gasteiger partial charge in [0.15, 0.2) is 0 Å². The topological polar surface area (TPSA) is 0 Å². The van der Waals surface area contributed by atoms with Gasteiger partial charge in [-0.05, 0) is 13.8 Å². The zero-order chi connectivity index (χ0) is 6.41. The van der Waals surface area contributed by atoms with E-state index in [0.717, 1.165) is 0 Å². The van der Waals surface area contributed by atoms with E-state index in [1.165, 1.54) is 13.0 Å². The van der Waals surface area contributed by atoms with Crippen LogP contribution in [-0.2, 0) is 0 Å². The van der Waals surface area contributed by atoms with E-state index in [9.17, 15) is 4.39 Å². The molecule has 0 aromatic rings. The fraction of sp³-hybridized carbons (Fsp3) is 0.429. The minimum atomic E-state index is -0.828. The lowest BCUT2D eigenvalue weighted by atomic mass is 10.3. The second kappa shape index (κ2) is 4.57. The minimum absolute atomic E-state index is 0.828. The minimum Gasteiger partial charge on any atom is -0.243 e. The van der Waals surface area contributed by atoms with Crippen molar-refractivity contribution in [2.45, 2.75) is 20.0 Å². The molecule has 0 amide bonds. The standard InChI is InChI=1S/C7H11F/c1-3-4-5-6-7(2)8/h3-7H,1-2H3/b4-3-,6-5-. The molecule has 0 N–H and O–H groups in total. The van der Waals surface area contributed by atoms with E-state index < -0.39 is 6.17 Å². The molecule has 0 heterocycles. The highest BCUT2D eigenvalue weighted by Gasteiger charge is 1.82. The Kier molecular flexibility index (Phi) is 4.23. The Bertz CT molecular complexity index is 90.6. The maximum Gasteiger partial charge on any atom is 0.116 e. The van der Waals surface area contributed by atoms with Crippen LogP contribution >= 0.6 is 0 Å². The molecule has 0 spiro atoms. The predicted molar refractivity (Wildman–Crippen MR) is 34.5 cm³/mol. The first kappa shape index (κ1) is 7.41. The van der Waals surface area contributed by atoms with E-state index in [0.29, 0.717) is 0 Å². The highest BCUT2D eigenvalue weighted by molar-refractivity contribution is 5.02. The van der Waals surface area contributed by atoms with E-state index in [2.05, 4.69) is 0 Å². The largest absolute Gasteiger partial charge is 0.243 e. The summed E-state index contributed by atoms with van der Waals surface area (Å²) in [5.74, 6) is 0. The van der Waals surface area contributed by atoms with Gasteiger partial charge >= 0.3 is 0 Å². The molecular formula is C7H11F. The smallest absolute Gasteiger partial charge is 0.116 e. The van der Waals surface area contributed by atoms with Gasteiger partial charge < -0.3 is 0 Å². The molecule has 0 aromatic heterocycles. The van der Waals surface area contributed by atoms with Crippen molar-refractivity contribution in [3.8, 4) is 0 Å². The summed E-state index contributed by atoms with van der Waals surface area (Å²) in [7, 11) is 0. The molecule has 0 radical (unpaired) electrons. The third-order valence-corrected chi connectivity index (χ3v) is 0.680. The molecule has 0 fully saturated rings. The average molecular weight is 114 g/mol. The van der Waals surface area contributed by atoms with Gasteiger partial charge in [-0.2, -0.15) is 0 Å². The summed E-state index contributed by atoms with van der Waals surface area (Å²) in [6.45, 7) is 3.40. The van der Waals surface area contributed by atoms with Crippen LogP contribution in [0.5, 0.6) is 0 Å². The van der Waals surface area contributed by atoms with Crippen LogP contribution in [0.3, 0.4) is 0 Å². The molecule has 0 aliphatic rings. The zero-order valence-corrected chi connectivity index (χ0v) is 5.26. The molecule has 0 aliphatic heterocycles. The zero-order valence-electron chi connectivity index (χ0n) is 5.26. The number of hydrogen-bond donors (Lipinski definition) is 0. The lowest BCUT2D eigenvalue weighted by Gasteiger charge is -1.83. The highest BCUT2D eigenvalue weighted by atomic mass is 19.1. The Balaban J connectivity index is 3.34. The van der Waals surface area contributed by atoms with E-state index in [1.807, 2.05) is 13.0 Å². The fourth-order valence-electron chi connectivity index (χ4n) is 0.328. The van der Waals surface area contributed by atoms with Crippen molar-refractivity contribution in [1.82, 2.24) is 0 Å². The monoisotopic (exact) mass is 114 g/mol. The van der Waals surface area contributed by atoms with Crippen LogP contribution in [0.2, 0.25) is 0 Å². The van der Waals surface area contributed by atoms with Crippen molar-refractivity contribution in [2.75, 3.05) is 0 Å². The summed E-state index contributed by atoms with van der Waals surface area (Å²) in [5.41, 5.74) is 0. The normalized spacial score (nSPS) is 15.9. The third-order valence-electron chi connectivity index (χ3n) is 0.680. The quantitative estimate of drug-likeness (QED) is 0.484. The van der Waals surface area contributed by atoms with E-state index in [4.69, 9.17) is 0 Å². The van der Waals surface area contributed by atoms with Crippen LogP contribution in [0.25, 0.3) is 0 Å². The highest BCUT2D eigenvalue weighted by Crippen LogP contribution is 1.89. The van der Waals surface area contributed by atoms with Gasteiger partial charge in [0.1, 0.15) is 6.17 Å². The van der Waals surface area contributed by atoms with Gasteiger partial charge in [0.2, 0.25) is 0 Å². The van der Waals surface area contributed by atoms with Crippen molar-refractivity contribution >= 4 is 0 Å². The molecule has 1 unspecified atom stereocenters. The van der Waals surface area contributed by atoms with Gasteiger partial charge in [-0.15, -0.1) is 0 Å².